The van der Waals surface area contributed by atoms with Crippen LogP contribution in [0.25, 0.3) is 0 Å². The maximum absolute atomic E-state index is 11.9. The molecule has 0 aromatic heterocycles. The van der Waals surface area contributed by atoms with Crippen LogP contribution in [-0.2, 0) is 4.74 Å². The van der Waals surface area contributed by atoms with Gasteiger partial charge in [-0.15, -0.1) is 0 Å². The number of anilines is 1. The number of carbonyl (C=O) groups excluding carboxylic acids is 1. The van der Waals surface area contributed by atoms with Crippen LogP contribution in [0.1, 0.15) is 0 Å². The molecule has 2 amide bonds. The van der Waals surface area contributed by atoms with Crippen LogP contribution in [0.2, 0.25) is 5.02 Å². The molecule has 1 N–H and O–H groups in total. The first-order chi connectivity index (χ1) is 8.16. The largest absolute Gasteiger partial charge is 0.378 e. The van der Waals surface area contributed by atoms with Crippen molar-refractivity contribution in [1.82, 2.24) is 4.90 Å². The van der Waals surface area contributed by atoms with Gasteiger partial charge >= 0.3 is 6.03 Å². The second-order valence-electron chi connectivity index (χ2n) is 3.65. The van der Waals surface area contributed by atoms with E-state index < -0.39 is 0 Å². The molecule has 1 aliphatic rings. The molecular formula is C11H12BrClN2O2. The van der Waals surface area contributed by atoms with E-state index in [1.807, 2.05) is 0 Å². The Labute approximate surface area is 113 Å². The molecule has 1 aromatic rings. The van der Waals surface area contributed by atoms with Crippen molar-refractivity contribution in [2.75, 3.05) is 31.6 Å². The van der Waals surface area contributed by atoms with Gasteiger partial charge in [0.15, 0.2) is 0 Å². The lowest BCUT2D eigenvalue weighted by Gasteiger charge is -2.27. The first-order valence-corrected chi connectivity index (χ1v) is 6.42. The van der Waals surface area contributed by atoms with E-state index in [4.69, 9.17) is 16.3 Å². The van der Waals surface area contributed by atoms with Crippen LogP contribution in [0, 0.1) is 0 Å². The lowest BCUT2D eigenvalue weighted by Crippen LogP contribution is -2.43. The summed E-state index contributed by atoms with van der Waals surface area (Å²) in [4.78, 5) is 13.6. The monoisotopic (exact) mass is 318 g/mol. The molecule has 1 aromatic carbocycles. The van der Waals surface area contributed by atoms with Crippen molar-refractivity contribution in [1.29, 1.82) is 0 Å². The van der Waals surface area contributed by atoms with Gasteiger partial charge in [0.05, 0.1) is 18.9 Å². The smallest absolute Gasteiger partial charge is 0.322 e. The fourth-order valence-electron chi connectivity index (χ4n) is 1.55. The van der Waals surface area contributed by atoms with Gasteiger partial charge in [0.25, 0.3) is 0 Å². The van der Waals surface area contributed by atoms with Crippen LogP contribution in [0.4, 0.5) is 10.5 Å². The summed E-state index contributed by atoms with van der Waals surface area (Å²) in [6.45, 7) is 2.43. The Hall–Kier alpha value is -0.780. The summed E-state index contributed by atoms with van der Waals surface area (Å²) in [5.74, 6) is 0. The number of rotatable bonds is 1. The van der Waals surface area contributed by atoms with Gasteiger partial charge in [0.2, 0.25) is 0 Å². The van der Waals surface area contributed by atoms with E-state index in [1.54, 1.807) is 23.1 Å². The number of hydrogen-bond acceptors (Lipinski definition) is 2. The lowest BCUT2D eigenvalue weighted by molar-refractivity contribution is 0.0564. The SMILES string of the molecule is O=C(Nc1ccc(Cl)cc1Br)N1CCOCC1. The summed E-state index contributed by atoms with van der Waals surface area (Å²) >= 11 is 9.19. The van der Waals surface area contributed by atoms with Crippen LogP contribution in [0.5, 0.6) is 0 Å². The molecule has 1 saturated heterocycles. The van der Waals surface area contributed by atoms with Crippen molar-refractivity contribution in [3.63, 3.8) is 0 Å². The molecule has 1 fully saturated rings. The van der Waals surface area contributed by atoms with Crippen molar-refractivity contribution in [2.45, 2.75) is 0 Å². The number of nitrogens with one attached hydrogen (secondary N) is 1. The molecule has 0 saturated carbocycles. The second kappa shape index (κ2) is 5.71. The Balaban J connectivity index is 2.02. The van der Waals surface area contributed by atoms with Crippen LogP contribution in [0.3, 0.4) is 0 Å². The number of amides is 2. The topological polar surface area (TPSA) is 41.6 Å². The summed E-state index contributed by atoms with van der Waals surface area (Å²) in [6, 6.07) is 5.14. The van der Waals surface area contributed by atoms with E-state index in [0.717, 1.165) is 4.47 Å². The van der Waals surface area contributed by atoms with E-state index in [1.165, 1.54) is 0 Å². The minimum atomic E-state index is -0.115. The third kappa shape index (κ3) is 3.34. The molecule has 0 radical (unpaired) electrons. The number of urea groups is 1. The molecule has 1 aliphatic heterocycles. The van der Waals surface area contributed by atoms with Crippen LogP contribution < -0.4 is 5.32 Å². The Morgan fingerprint density at radius 1 is 1.41 bits per heavy atom. The van der Waals surface area contributed by atoms with E-state index in [9.17, 15) is 4.79 Å². The fraction of sp³-hybridized carbons (Fsp3) is 0.364. The highest BCUT2D eigenvalue weighted by Crippen LogP contribution is 2.26. The fourth-order valence-corrected chi connectivity index (χ4v) is 2.33. The van der Waals surface area contributed by atoms with Crippen molar-refractivity contribution < 1.29 is 9.53 Å². The first-order valence-electron chi connectivity index (χ1n) is 5.25. The second-order valence-corrected chi connectivity index (χ2v) is 4.94. The predicted molar refractivity (Wildman–Crippen MR) is 70.6 cm³/mol. The molecule has 92 valence electrons. The third-order valence-electron chi connectivity index (χ3n) is 2.47. The van der Waals surface area contributed by atoms with Crippen molar-refractivity contribution in [2.24, 2.45) is 0 Å². The molecule has 2 rings (SSSR count). The number of hydrogen-bond donors (Lipinski definition) is 1. The van der Waals surface area contributed by atoms with Gasteiger partial charge in [0.1, 0.15) is 0 Å². The van der Waals surface area contributed by atoms with Gasteiger partial charge in [-0.3, -0.25) is 0 Å². The number of carbonyl (C=O) groups is 1. The molecule has 17 heavy (non-hydrogen) atoms. The van der Waals surface area contributed by atoms with Crippen molar-refractivity contribution in [3.8, 4) is 0 Å². The number of nitrogens with zero attached hydrogens (tertiary/aromatic N) is 1. The molecule has 0 bridgehead atoms. The Bertz CT molecular complexity index is 422. The Morgan fingerprint density at radius 3 is 2.76 bits per heavy atom. The normalized spacial score (nSPS) is 15.8. The average molecular weight is 320 g/mol. The summed E-state index contributed by atoms with van der Waals surface area (Å²) in [7, 11) is 0. The minimum Gasteiger partial charge on any atom is -0.378 e. The molecule has 1 heterocycles. The molecular weight excluding hydrogens is 307 g/mol. The Morgan fingerprint density at radius 2 is 2.12 bits per heavy atom. The van der Waals surface area contributed by atoms with E-state index in [0.29, 0.717) is 37.0 Å². The molecule has 0 aliphatic carbocycles. The lowest BCUT2D eigenvalue weighted by atomic mass is 10.3. The van der Waals surface area contributed by atoms with Gasteiger partial charge in [-0.05, 0) is 34.1 Å². The van der Waals surface area contributed by atoms with Gasteiger partial charge in [-0.2, -0.15) is 0 Å². The van der Waals surface area contributed by atoms with Gasteiger partial charge < -0.3 is 15.0 Å². The molecule has 6 heteroatoms. The zero-order chi connectivity index (χ0) is 12.3. The minimum absolute atomic E-state index is 0.115. The molecule has 0 atom stereocenters. The maximum atomic E-state index is 11.9. The number of benzene rings is 1. The van der Waals surface area contributed by atoms with E-state index in [2.05, 4.69) is 21.2 Å². The number of morpholine rings is 1. The zero-order valence-corrected chi connectivity index (χ0v) is 11.4. The predicted octanol–water partition coefficient (Wildman–Crippen LogP) is 2.97. The van der Waals surface area contributed by atoms with Gasteiger partial charge in [0, 0.05) is 22.6 Å². The highest BCUT2D eigenvalue weighted by atomic mass is 79.9. The number of halogens is 2. The third-order valence-corrected chi connectivity index (χ3v) is 3.36. The first kappa shape index (κ1) is 12.7. The quantitative estimate of drug-likeness (QED) is 0.864. The summed E-state index contributed by atoms with van der Waals surface area (Å²) in [6.07, 6.45) is 0. The van der Waals surface area contributed by atoms with E-state index >= 15 is 0 Å². The van der Waals surface area contributed by atoms with Crippen LogP contribution in [-0.4, -0.2) is 37.2 Å². The zero-order valence-electron chi connectivity index (χ0n) is 9.08. The molecule has 0 spiro atoms. The van der Waals surface area contributed by atoms with Crippen molar-refractivity contribution >= 4 is 39.2 Å². The van der Waals surface area contributed by atoms with Gasteiger partial charge in [-0.1, -0.05) is 11.6 Å². The average Bonchev–Trinajstić information content (AvgIpc) is 2.34. The summed E-state index contributed by atoms with van der Waals surface area (Å²) in [5.41, 5.74) is 0.714. The highest BCUT2D eigenvalue weighted by Gasteiger charge is 2.17. The standard InChI is InChI=1S/C11H12BrClN2O2/c12-9-7-8(13)1-2-10(9)14-11(16)15-3-5-17-6-4-15/h1-2,7H,3-6H2,(H,14,16). The van der Waals surface area contributed by atoms with Gasteiger partial charge in [-0.25, -0.2) is 4.79 Å². The van der Waals surface area contributed by atoms with Crippen molar-refractivity contribution in [3.05, 3.63) is 27.7 Å². The highest BCUT2D eigenvalue weighted by molar-refractivity contribution is 9.10. The number of ether oxygens (including phenoxy) is 1. The van der Waals surface area contributed by atoms with E-state index in [-0.39, 0.29) is 6.03 Å². The molecule has 0 unspecified atom stereocenters. The molecule has 4 nitrogen and oxygen atoms in total. The maximum Gasteiger partial charge on any atom is 0.322 e. The summed E-state index contributed by atoms with van der Waals surface area (Å²) in [5, 5.41) is 3.46. The summed E-state index contributed by atoms with van der Waals surface area (Å²) < 4.78 is 5.96. The van der Waals surface area contributed by atoms with Crippen LogP contribution in [0.15, 0.2) is 22.7 Å². The van der Waals surface area contributed by atoms with Crippen LogP contribution >= 0.6 is 27.5 Å². The Kier molecular flexibility index (Phi) is 4.25.